The second-order valence-electron chi connectivity index (χ2n) is 4.25. The molecule has 1 rings (SSSR count). The van der Waals surface area contributed by atoms with Gasteiger partial charge in [0.1, 0.15) is 0 Å². The highest BCUT2D eigenvalue weighted by atomic mass is 16.3. The molecular formula is C11H21NO2. The summed E-state index contributed by atoms with van der Waals surface area (Å²) in [6.45, 7) is 6.21. The maximum absolute atomic E-state index is 11.5. The van der Waals surface area contributed by atoms with Crippen LogP contribution in [0.5, 0.6) is 0 Å². The van der Waals surface area contributed by atoms with Crippen LogP contribution in [-0.2, 0) is 4.79 Å². The molecule has 0 aromatic carbocycles. The number of hydrogen-bond donors (Lipinski definition) is 1. The first-order chi connectivity index (χ1) is 6.69. The number of nitrogens with zero attached hydrogens (tertiary/aromatic N) is 1. The quantitative estimate of drug-likeness (QED) is 0.740. The van der Waals surface area contributed by atoms with Crippen LogP contribution in [-0.4, -0.2) is 35.6 Å². The van der Waals surface area contributed by atoms with Crippen LogP contribution in [0.2, 0.25) is 0 Å². The molecule has 14 heavy (non-hydrogen) atoms. The second-order valence-corrected chi connectivity index (χ2v) is 4.25. The summed E-state index contributed by atoms with van der Waals surface area (Å²) >= 11 is 0. The van der Waals surface area contributed by atoms with Crippen LogP contribution < -0.4 is 0 Å². The number of aliphatic hydroxyl groups is 1. The van der Waals surface area contributed by atoms with E-state index in [1.807, 2.05) is 4.90 Å². The molecule has 3 heteroatoms. The first-order valence-electron chi connectivity index (χ1n) is 5.57. The average Bonchev–Trinajstić information content (AvgIpc) is 2.66. The lowest BCUT2D eigenvalue weighted by atomic mass is 9.91. The predicted octanol–water partition coefficient (Wildman–Crippen LogP) is 1.26. The largest absolute Gasteiger partial charge is 0.396 e. The van der Waals surface area contributed by atoms with Crippen molar-refractivity contribution in [3.8, 4) is 0 Å². The van der Waals surface area contributed by atoms with Crippen molar-refractivity contribution >= 4 is 5.91 Å². The van der Waals surface area contributed by atoms with Gasteiger partial charge < -0.3 is 10.0 Å². The Labute approximate surface area is 86.1 Å². The van der Waals surface area contributed by atoms with Crippen LogP contribution in [0.25, 0.3) is 0 Å². The molecule has 0 aromatic rings. The Balaban J connectivity index is 2.37. The van der Waals surface area contributed by atoms with E-state index in [0.29, 0.717) is 11.8 Å². The maximum atomic E-state index is 11.5. The van der Waals surface area contributed by atoms with Crippen LogP contribution in [0.3, 0.4) is 0 Å². The molecule has 82 valence electrons. The van der Waals surface area contributed by atoms with Crippen molar-refractivity contribution in [1.29, 1.82) is 0 Å². The van der Waals surface area contributed by atoms with Gasteiger partial charge in [0.15, 0.2) is 0 Å². The molecule has 1 N–H and O–H groups in total. The smallest absolute Gasteiger partial charge is 0.224 e. The van der Waals surface area contributed by atoms with Gasteiger partial charge in [0.2, 0.25) is 5.91 Å². The highest BCUT2D eigenvalue weighted by Gasteiger charge is 2.28. The number of amides is 1. The number of likely N-dealkylation sites (tertiary alicyclic amines) is 1. The third kappa shape index (κ3) is 2.71. The summed E-state index contributed by atoms with van der Waals surface area (Å²) in [5.41, 5.74) is 0. The fraction of sp³-hybridized carbons (Fsp3) is 0.909. The van der Waals surface area contributed by atoms with E-state index in [2.05, 4.69) is 13.8 Å². The molecule has 0 aromatic heterocycles. The number of carbonyl (C=O) groups excluding carboxylic acids is 1. The lowest BCUT2D eigenvalue weighted by Crippen LogP contribution is -2.29. The lowest BCUT2D eigenvalue weighted by Gasteiger charge is -2.19. The highest BCUT2D eigenvalue weighted by Crippen LogP contribution is 2.26. The summed E-state index contributed by atoms with van der Waals surface area (Å²) in [5.74, 6) is 1.49. The molecule has 1 aliphatic heterocycles. The zero-order valence-electron chi connectivity index (χ0n) is 9.20. The molecule has 2 unspecified atom stereocenters. The Morgan fingerprint density at radius 1 is 1.64 bits per heavy atom. The Kier molecular flexibility index (Phi) is 4.39. The van der Waals surface area contributed by atoms with Gasteiger partial charge in [-0.1, -0.05) is 20.3 Å². The zero-order valence-corrected chi connectivity index (χ0v) is 9.20. The van der Waals surface area contributed by atoms with Gasteiger partial charge in [-0.15, -0.1) is 0 Å². The summed E-state index contributed by atoms with van der Waals surface area (Å²) in [6, 6.07) is 0. The van der Waals surface area contributed by atoms with Gasteiger partial charge in [0.05, 0.1) is 6.61 Å². The fourth-order valence-corrected chi connectivity index (χ4v) is 2.07. The van der Waals surface area contributed by atoms with Crippen LogP contribution in [0.15, 0.2) is 0 Å². The summed E-state index contributed by atoms with van der Waals surface area (Å²) < 4.78 is 0. The predicted molar refractivity (Wildman–Crippen MR) is 55.8 cm³/mol. The monoisotopic (exact) mass is 199 g/mol. The van der Waals surface area contributed by atoms with Crippen LogP contribution in [0, 0.1) is 11.8 Å². The van der Waals surface area contributed by atoms with E-state index in [0.717, 1.165) is 19.5 Å². The molecule has 1 aliphatic rings. The molecule has 0 bridgehead atoms. The molecule has 1 amide bonds. The van der Waals surface area contributed by atoms with Crippen LogP contribution in [0.4, 0.5) is 0 Å². The lowest BCUT2D eigenvalue weighted by molar-refractivity contribution is -0.131. The third-order valence-corrected chi connectivity index (χ3v) is 3.35. The highest BCUT2D eigenvalue weighted by molar-refractivity contribution is 5.76. The van der Waals surface area contributed by atoms with Gasteiger partial charge in [-0.3, -0.25) is 4.79 Å². The first kappa shape index (κ1) is 11.5. The summed E-state index contributed by atoms with van der Waals surface area (Å²) in [5, 5.41) is 8.67. The normalized spacial score (nSPS) is 23.9. The Bertz CT molecular complexity index is 194. The van der Waals surface area contributed by atoms with Crippen molar-refractivity contribution in [2.24, 2.45) is 11.8 Å². The van der Waals surface area contributed by atoms with Crippen LogP contribution >= 0.6 is 0 Å². The van der Waals surface area contributed by atoms with Crippen molar-refractivity contribution in [2.75, 3.05) is 19.7 Å². The Morgan fingerprint density at radius 3 is 2.93 bits per heavy atom. The molecule has 0 radical (unpaired) electrons. The number of aliphatic hydroxyl groups excluding tert-OH is 1. The SMILES string of the molecule is CCC(C)C1CCN(C(=O)CCO)C1. The van der Waals surface area contributed by atoms with E-state index in [1.54, 1.807) is 0 Å². The molecule has 2 atom stereocenters. The zero-order chi connectivity index (χ0) is 10.6. The van der Waals surface area contributed by atoms with Gasteiger partial charge in [0, 0.05) is 19.5 Å². The first-order valence-corrected chi connectivity index (χ1v) is 5.57. The van der Waals surface area contributed by atoms with Crippen molar-refractivity contribution in [2.45, 2.75) is 33.1 Å². The average molecular weight is 199 g/mol. The summed E-state index contributed by atoms with van der Waals surface area (Å²) in [4.78, 5) is 13.4. The standard InChI is InChI=1S/C11H21NO2/c1-3-9(2)10-4-6-12(8-10)11(14)5-7-13/h9-10,13H,3-8H2,1-2H3. The summed E-state index contributed by atoms with van der Waals surface area (Å²) in [7, 11) is 0. The maximum Gasteiger partial charge on any atom is 0.224 e. The number of rotatable bonds is 4. The third-order valence-electron chi connectivity index (χ3n) is 3.35. The van der Waals surface area contributed by atoms with Gasteiger partial charge in [0.25, 0.3) is 0 Å². The molecule has 1 heterocycles. The van der Waals surface area contributed by atoms with Crippen molar-refractivity contribution < 1.29 is 9.90 Å². The second kappa shape index (κ2) is 5.35. The van der Waals surface area contributed by atoms with Gasteiger partial charge in [-0.2, -0.15) is 0 Å². The molecule has 0 saturated carbocycles. The van der Waals surface area contributed by atoms with Gasteiger partial charge in [-0.25, -0.2) is 0 Å². The molecule has 0 aliphatic carbocycles. The van der Waals surface area contributed by atoms with E-state index >= 15 is 0 Å². The van der Waals surface area contributed by atoms with Gasteiger partial charge >= 0.3 is 0 Å². The molecule has 1 fully saturated rings. The summed E-state index contributed by atoms with van der Waals surface area (Å²) in [6.07, 6.45) is 2.60. The van der Waals surface area contributed by atoms with Crippen molar-refractivity contribution in [1.82, 2.24) is 4.90 Å². The van der Waals surface area contributed by atoms with E-state index in [4.69, 9.17) is 5.11 Å². The molecular weight excluding hydrogens is 178 g/mol. The Hall–Kier alpha value is -0.570. The minimum atomic E-state index is -0.0245. The van der Waals surface area contributed by atoms with E-state index in [9.17, 15) is 4.79 Å². The molecule has 3 nitrogen and oxygen atoms in total. The van der Waals surface area contributed by atoms with Gasteiger partial charge in [-0.05, 0) is 18.3 Å². The van der Waals surface area contributed by atoms with Crippen LogP contribution in [0.1, 0.15) is 33.1 Å². The minimum Gasteiger partial charge on any atom is -0.396 e. The topological polar surface area (TPSA) is 40.5 Å². The number of carbonyl (C=O) groups is 1. The fourth-order valence-electron chi connectivity index (χ4n) is 2.07. The van der Waals surface area contributed by atoms with Crippen molar-refractivity contribution in [3.05, 3.63) is 0 Å². The molecule has 0 spiro atoms. The van der Waals surface area contributed by atoms with E-state index in [-0.39, 0.29) is 18.9 Å². The van der Waals surface area contributed by atoms with Crippen molar-refractivity contribution in [3.63, 3.8) is 0 Å². The van der Waals surface area contributed by atoms with E-state index in [1.165, 1.54) is 6.42 Å². The Morgan fingerprint density at radius 2 is 2.36 bits per heavy atom. The van der Waals surface area contributed by atoms with E-state index < -0.39 is 0 Å². The minimum absolute atomic E-state index is 0.0245. The number of hydrogen-bond acceptors (Lipinski definition) is 2. The molecule has 1 saturated heterocycles.